The second kappa shape index (κ2) is 5.39. The number of thiazole rings is 1. The number of esters is 1. The first-order valence-electron chi connectivity index (χ1n) is 3.90. The van der Waals surface area contributed by atoms with Crippen molar-refractivity contribution in [3.63, 3.8) is 0 Å². The van der Waals surface area contributed by atoms with E-state index in [1.165, 1.54) is 24.7 Å². The Hall–Kier alpha value is -1.36. The number of hydrogen-bond donors (Lipinski definition) is 0. The van der Waals surface area contributed by atoms with Crippen molar-refractivity contribution in [3.05, 3.63) is 35.5 Å². The number of carbonyl (C=O) groups is 1. The SMILES string of the molecule is [CH2]CC(=COC)OC(=O)c1nccs1. The molecule has 0 aromatic carbocycles. The third kappa shape index (κ3) is 2.85. The van der Waals surface area contributed by atoms with Gasteiger partial charge in [-0.25, -0.2) is 9.78 Å². The highest BCUT2D eigenvalue weighted by molar-refractivity contribution is 7.11. The summed E-state index contributed by atoms with van der Waals surface area (Å²) >= 11 is 1.23. The topological polar surface area (TPSA) is 48.4 Å². The standard InChI is InChI=1S/C9H10NO3S/c1-3-7(6-12-2)13-9(11)8-10-4-5-14-8/h4-6H,1,3H2,2H3. The smallest absolute Gasteiger partial charge is 0.372 e. The van der Waals surface area contributed by atoms with Gasteiger partial charge in [0.2, 0.25) is 5.01 Å². The summed E-state index contributed by atoms with van der Waals surface area (Å²) in [5, 5.41) is 2.03. The molecule has 0 spiro atoms. The molecule has 0 aliphatic heterocycles. The van der Waals surface area contributed by atoms with E-state index in [9.17, 15) is 4.79 Å². The molecule has 1 aromatic rings. The number of nitrogens with zero attached hydrogens (tertiary/aromatic N) is 1. The van der Waals surface area contributed by atoms with E-state index in [0.717, 1.165) is 0 Å². The van der Waals surface area contributed by atoms with Gasteiger partial charge in [0.1, 0.15) is 12.0 Å². The first-order chi connectivity index (χ1) is 6.77. The van der Waals surface area contributed by atoms with Crippen molar-refractivity contribution >= 4 is 17.3 Å². The van der Waals surface area contributed by atoms with Crippen molar-refractivity contribution in [1.82, 2.24) is 4.98 Å². The maximum Gasteiger partial charge on any atom is 0.372 e. The summed E-state index contributed by atoms with van der Waals surface area (Å²) in [7, 11) is 1.48. The lowest BCUT2D eigenvalue weighted by molar-refractivity contribution is 0.0605. The van der Waals surface area contributed by atoms with Crippen molar-refractivity contribution in [1.29, 1.82) is 0 Å². The minimum absolute atomic E-state index is 0.320. The lowest BCUT2D eigenvalue weighted by Crippen LogP contribution is -2.04. The summed E-state index contributed by atoms with van der Waals surface area (Å²) in [6.45, 7) is 3.60. The summed E-state index contributed by atoms with van der Waals surface area (Å²) in [5.41, 5.74) is 0. The van der Waals surface area contributed by atoms with Crippen LogP contribution in [-0.2, 0) is 9.47 Å². The Kier molecular flexibility index (Phi) is 4.12. The highest BCUT2D eigenvalue weighted by Crippen LogP contribution is 2.10. The van der Waals surface area contributed by atoms with Crippen LogP contribution < -0.4 is 0 Å². The maximum absolute atomic E-state index is 11.4. The lowest BCUT2D eigenvalue weighted by Gasteiger charge is -2.03. The van der Waals surface area contributed by atoms with Gasteiger partial charge in [0.15, 0.2) is 0 Å². The zero-order valence-corrected chi connectivity index (χ0v) is 8.54. The fraction of sp³-hybridized carbons (Fsp3) is 0.222. The van der Waals surface area contributed by atoms with Crippen LogP contribution in [0, 0.1) is 6.92 Å². The number of rotatable bonds is 4. The Labute approximate surface area is 86.2 Å². The molecule has 0 fully saturated rings. The summed E-state index contributed by atoms with van der Waals surface area (Å²) in [4.78, 5) is 15.2. The molecule has 0 atom stereocenters. The Bertz CT molecular complexity index is 319. The predicted molar refractivity (Wildman–Crippen MR) is 52.6 cm³/mol. The number of aromatic nitrogens is 1. The average Bonchev–Trinajstić information content (AvgIpc) is 2.69. The molecule has 75 valence electrons. The molecule has 4 nitrogen and oxygen atoms in total. The van der Waals surface area contributed by atoms with Gasteiger partial charge in [-0.15, -0.1) is 11.3 Å². The summed E-state index contributed by atoms with van der Waals surface area (Å²) in [6, 6.07) is 0. The normalized spacial score (nSPS) is 11.1. The maximum atomic E-state index is 11.4. The minimum atomic E-state index is -0.480. The number of allylic oxidation sites excluding steroid dienone is 1. The summed E-state index contributed by atoms with van der Waals surface area (Å²) in [6.07, 6.45) is 3.24. The van der Waals surface area contributed by atoms with Crippen molar-refractivity contribution in [2.24, 2.45) is 0 Å². The van der Waals surface area contributed by atoms with E-state index in [1.807, 2.05) is 0 Å². The van der Waals surface area contributed by atoms with Crippen LogP contribution in [0.4, 0.5) is 0 Å². The van der Waals surface area contributed by atoms with Gasteiger partial charge < -0.3 is 9.47 Å². The molecule has 0 saturated heterocycles. The average molecular weight is 212 g/mol. The number of methoxy groups -OCH3 is 1. The van der Waals surface area contributed by atoms with E-state index in [4.69, 9.17) is 9.47 Å². The van der Waals surface area contributed by atoms with Crippen LogP contribution in [-0.4, -0.2) is 18.1 Å². The van der Waals surface area contributed by atoms with Gasteiger partial charge in [0.05, 0.1) is 7.11 Å². The zero-order valence-electron chi connectivity index (χ0n) is 7.73. The largest absolute Gasteiger partial charge is 0.501 e. The molecule has 1 radical (unpaired) electrons. The minimum Gasteiger partial charge on any atom is -0.501 e. The van der Waals surface area contributed by atoms with Gasteiger partial charge in [-0.05, 0) is 6.92 Å². The van der Waals surface area contributed by atoms with E-state index in [0.29, 0.717) is 17.2 Å². The highest BCUT2D eigenvalue weighted by atomic mass is 32.1. The van der Waals surface area contributed by atoms with Gasteiger partial charge in [-0.2, -0.15) is 0 Å². The number of hydrogen-bond acceptors (Lipinski definition) is 5. The Balaban J connectivity index is 2.60. The van der Waals surface area contributed by atoms with Crippen LogP contribution in [0.5, 0.6) is 0 Å². The van der Waals surface area contributed by atoms with Gasteiger partial charge in [-0.1, -0.05) is 0 Å². The second-order valence-corrected chi connectivity index (χ2v) is 3.19. The molecular formula is C9H10NO3S. The van der Waals surface area contributed by atoms with E-state index < -0.39 is 5.97 Å². The van der Waals surface area contributed by atoms with E-state index >= 15 is 0 Å². The first-order valence-corrected chi connectivity index (χ1v) is 4.78. The first kappa shape index (κ1) is 10.7. The lowest BCUT2D eigenvalue weighted by atomic mass is 10.4. The molecule has 5 heteroatoms. The van der Waals surface area contributed by atoms with Crippen LogP contribution in [0.25, 0.3) is 0 Å². The molecule has 0 saturated carbocycles. The Morgan fingerprint density at radius 2 is 2.57 bits per heavy atom. The zero-order chi connectivity index (χ0) is 10.4. The molecule has 1 aromatic heterocycles. The van der Waals surface area contributed by atoms with Crippen LogP contribution in [0.3, 0.4) is 0 Å². The number of carbonyl (C=O) groups excluding carboxylic acids is 1. The summed E-state index contributed by atoms with van der Waals surface area (Å²) < 4.78 is 9.68. The van der Waals surface area contributed by atoms with Gasteiger partial charge in [-0.3, -0.25) is 0 Å². The highest BCUT2D eigenvalue weighted by Gasteiger charge is 2.11. The molecule has 0 N–H and O–H groups in total. The quantitative estimate of drug-likeness (QED) is 0.566. The third-order valence-electron chi connectivity index (χ3n) is 1.33. The molecule has 1 rings (SSSR count). The van der Waals surface area contributed by atoms with E-state index in [2.05, 4.69) is 11.9 Å². The van der Waals surface area contributed by atoms with Crippen molar-refractivity contribution in [3.8, 4) is 0 Å². The van der Waals surface area contributed by atoms with Gasteiger partial charge >= 0.3 is 5.97 Å². The summed E-state index contributed by atoms with van der Waals surface area (Å²) in [5.74, 6) is -0.0975. The second-order valence-electron chi connectivity index (χ2n) is 2.30. The van der Waals surface area contributed by atoms with Gasteiger partial charge in [0.25, 0.3) is 0 Å². The van der Waals surface area contributed by atoms with Crippen molar-refractivity contribution in [2.75, 3.05) is 7.11 Å². The van der Waals surface area contributed by atoms with Gasteiger partial charge in [0, 0.05) is 18.0 Å². The van der Waals surface area contributed by atoms with E-state index in [1.54, 1.807) is 11.6 Å². The fourth-order valence-corrected chi connectivity index (χ4v) is 1.26. The van der Waals surface area contributed by atoms with Crippen LogP contribution in [0.1, 0.15) is 16.2 Å². The van der Waals surface area contributed by atoms with Crippen LogP contribution in [0.2, 0.25) is 0 Å². The van der Waals surface area contributed by atoms with Crippen molar-refractivity contribution in [2.45, 2.75) is 6.42 Å². The Morgan fingerprint density at radius 1 is 1.79 bits per heavy atom. The molecule has 0 bridgehead atoms. The molecule has 1 heterocycles. The van der Waals surface area contributed by atoms with E-state index in [-0.39, 0.29) is 0 Å². The third-order valence-corrected chi connectivity index (χ3v) is 2.08. The number of ether oxygens (including phenoxy) is 2. The molecule has 0 aliphatic rings. The molecule has 0 unspecified atom stereocenters. The Morgan fingerprint density at radius 3 is 3.07 bits per heavy atom. The fourth-order valence-electron chi connectivity index (χ4n) is 0.752. The predicted octanol–water partition coefficient (Wildman–Crippen LogP) is 2.01. The monoisotopic (exact) mass is 212 g/mol. The van der Waals surface area contributed by atoms with Crippen molar-refractivity contribution < 1.29 is 14.3 Å². The van der Waals surface area contributed by atoms with Crippen LogP contribution >= 0.6 is 11.3 Å². The molecule has 0 aliphatic carbocycles. The van der Waals surface area contributed by atoms with Crippen LogP contribution in [0.15, 0.2) is 23.6 Å². The molecule has 0 amide bonds. The molecular weight excluding hydrogens is 202 g/mol. The molecule has 14 heavy (non-hydrogen) atoms.